The summed E-state index contributed by atoms with van der Waals surface area (Å²) >= 11 is 0. The van der Waals surface area contributed by atoms with Gasteiger partial charge in [-0.15, -0.1) is 5.10 Å². The first-order valence-corrected chi connectivity index (χ1v) is 6.52. The molecule has 0 fully saturated rings. The Kier molecular flexibility index (Phi) is 4.28. The molecule has 21 heavy (non-hydrogen) atoms. The molecule has 0 aliphatic carbocycles. The van der Waals surface area contributed by atoms with E-state index in [0.29, 0.717) is 5.82 Å². The fourth-order valence-corrected chi connectivity index (χ4v) is 1.85. The van der Waals surface area contributed by atoms with Crippen molar-refractivity contribution >= 4 is 5.97 Å². The number of carbonyl (C=O) groups excluding carboxylic acids is 1. The van der Waals surface area contributed by atoms with Gasteiger partial charge >= 0.3 is 5.97 Å². The number of nitriles is 1. The summed E-state index contributed by atoms with van der Waals surface area (Å²) in [6.07, 6.45) is 0.0736. The van der Waals surface area contributed by atoms with E-state index >= 15 is 0 Å². The van der Waals surface area contributed by atoms with Crippen molar-refractivity contribution in [2.45, 2.75) is 20.3 Å². The van der Waals surface area contributed by atoms with Gasteiger partial charge in [0.2, 0.25) is 0 Å². The van der Waals surface area contributed by atoms with Crippen LogP contribution in [0.25, 0.3) is 5.69 Å². The topological polar surface area (TPSA) is 93.7 Å². The highest BCUT2D eigenvalue weighted by Crippen LogP contribution is 2.23. The van der Waals surface area contributed by atoms with Crippen LogP contribution in [0.3, 0.4) is 0 Å². The van der Waals surface area contributed by atoms with Crippen LogP contribution in [0.2, 0.25) is 0 Å². The first-order valence-electron chi connectivity index (χ1n) is 6.52. The largest absolute Gasteiger partial charge is 0.465 e. The Labute approximate surface area is 122 Å². The van der Waals surface area contributed by atoms with Crippen LogP contribution in [0, 0.1) is 16.7 Å². The average Bonchev–Trinajstić information content (AvgIpc) is 2.96. The number of nitrogens with zero attached hydrogens (tertiary/aromatic N) is 5. The smallest absolute Gasteiger partial charge is 0.326 e. The number of hydrogen-bond donors (Lipinski definition) is 0. The fraction of sp³-hybridized carbons (Fsp3) is 0.357. The van der Waals surface area contributed by atoms with Gasteiger partial charge in [0.05, 0.1) is 18.4 Å². The zero-order valence-electron chi connectivity index (χ0n) is 11.9. The highest BCUT2D eigenvalue weighted by Gasteiger charge is 2.37. The van der Waals surface area contributed by atoms with Crippen LogP contribution in [-0.2, 0) is 16.0 Å². The molecule has 1 aromatic heterocycles. The standard InChI is InChI=1S/C14H15N5O2/c1-3-21-13(20)14(2,10-15)9-12-16-17-18-19(12)11-7-5-4-6-8-11/h4-8H,3,9H2,1-2H3. The van der Waals surface area contributed by atoms with Crippen LogP contribution >= 0.6 is 0 Å². The van der Waals surface area contributed by atoms with Gasteiger partial charge in [-0.2, -0.15) is 9.94 Å². The van der Waals surface area contributed by atoms with E-state index in [1.807, 2.05) is 36.4 Å². The summed E-state index contributed by atoms with van der Waals surface area (Å²) < 4.78 is 6.46. The number of esters is 1. The van der Waals surface area contributed by atoms with Crippen molar-refractivity contribution in [3.63, 3.8) is 0 Å². The van der Waals surface area contributed by atoms with Gasteiger partial charge in [-0.05, 0) is 36.4 Å². The number of aromatic nitrogens is 4. The van der Waals surface area contributed by atoms with Crippen molar-refractivity contribution in [3.8, 4) is 11.8 Å². The minimum atomic E-state index is -1.32. The SMILES string of the molecule is CCOC(=O)C(C)(C#N)Cc1nnnn1-c1ccccc1. The molecular weight excluding hydrogens is 270 g/mol. The summed E-state index contributed by atoms with van der Waals surface area (Å²) in [7, 11) is 0. The lowest BCUT2D eigenvalue weighted by Gasteiger charge is -2.18. The van der Waals surface area contributed by atoms with E-state index < -0.39 is 11.4 Å². The molecule has 0 bridgehead atoms. The van der Waals surface area contributed by atoms with Gasteiger partial charge in [0.15, 0.2) is 11.2 Å². The lowest BCUT2D eigenvalue weighted by Crippen LogP contribution is -2.32. The molecule has 0 aliphatic heterocycles. The minimum absolute atomic E-state index is 0.0736. The van der Waals surface area contributed by atoms with Crippen LogP contribution < -0.4 is 0 Å². The van der Waals surface area contributed by atoms with E-state index in [2.05, 4.69) is 15.5 Å². The van der Waals surface area contributed by atoms with Crippen LogP contribution in [-0.4, -0.2) is 32.8 Å². The predicted molar refractivity (Wildman–Crippen MR) is 73.2 cm³/mol. The monoisotopic (exact) mass is 285 g/mol. The molecule has 1 aromatic carbocycles. The van der Waals surface area contributed by atoms with Crippen molar-refractivity contribution in [2.75, 3.05) is 6.61 Å². The minimum Gasteiger partial charge on any atom is -0.465 e. The third-order valence-corrected chi connectivity index (χ3v) is 3.02. The Morgan fingerprint density at radius 3 is 2.76 bits per heavy atom. The summed E-state index contributed by atoms with van der Waals surface area (Å²) in [6.45, 7) is 3.44. The van der Waals surface area contributed by atoms with Crippen molar-refractivity contribution in [1.29, 1.82) is 5.26 Å². The summed E-state index contributed by atoms with van der Waals surface area (Å²) in [5.74, 6) is -0.145. The Morgan fingerprint density at radius 1 is 1.43 bits per heavy atom. The van der Waals surface area contributed by atoms with Crippen molar-refractivity contribution in [2.24, 2.45) is 5.41 Å². The Balaban J connectivity index is 2.30. The van der Waals surface area contributed by atoms with Gasteiger partial charge in [-0.1, -0.05) is 18.2 Å². The first-order chi connectivity index (χ1) is 10.1. The number of tetrazole rings is 1. The van der Waals surface area contributed by atoms with Crippen molar-refractivity contribution in [1.82, 2.24) is 20.2 Å². The molecule has 0 spiro atoms. The van der Waals surface area contributed by atoms with Gasteiger partial charge < -0.3 is 4.74 Å². The Bertz CT molecular complexity index is 662. The van der Waals surface area contributed by atoms with Gasteiger partial charge in [0, 0.05) is 6.42 Å². The zero-order valence-corrected chi connectivity index (χ0v) is 11.9. The van der Waals surface area contributed by atoms with Gasteiger partial charge in [-0.25, -0.2) is 0 Å². The quantitative estimate of drug-likeness (QED) is 0.768. The highest BCUT2D eigenvalue weighted by molar-refractivity contribution is 5.79. The lowest BCUT2D eigenvalue weighted by molar-refractivity contribution is -0.151. The number of para-hydroxylation sites is 1. The van der Waals surface area contributed by atoms with E-state index in [-0.39, 0.29) is 13.0 Å². The molecule has 2 aromatic rings. The third kappa shape index (κ3) is 3.05. The molecule has 1 unspecified atom stereocenters. The third-order valence-electron chi connectivity index (χ3n) is 3.02. The second kappa shape index (κ2) is 6.13. The molecule has 108 valence electrons. The molecular formula is C14H15N5O2. The molecule has 0 radical (unpaired) electrons. The van der Waals surface area contributed by atoms with E-state index in [1.165, 1.54) is 11.6 Å². The maximum absolute atomic E-state index is 11.9. The molecule has 7 heteroatoms. The molecule has 0 saturated carbocycles. The van der Waals surface area contributed by atoms with Crippen LogP contribution in [0.4, 0.5) is 0 Å². The van der Waals surface area contributed by atoms with E-state index in [1.54, 1.807) is 6.92 Å². The van der Waals surface area contributed by atoms with E-state index in [0.717, 1.165) is 5.69 Å². The number of rotatable bonds is 5. The fourth-order valence-electron chi connectivity index (χ4n) is 1.85. The molecule has 0 saturated heterocycles. The van der Waals surface area contributed by atoms with Crippen LogP contribution in [0.15, 0.2) is 30.3 Å². The normalized spacial score (nSPS) is 13.2. The number of hydrogen-bond acceptors (Lipinski definition) is 6. The maximum Gasteiger partial charge on any atom is 0.326 e. The summed E-state index contributed by atoms with van der Waals surface area (Å²) in [5.41, 5.74) is -0.557. The van der Waals surface area contributed by atoms with Gasteiger partial charge in [-0.3, -0.25) is 4.79 Å². The molecule has 1 heterocycles. The highest BCUT2D eigenvalue weighted by atomic mass is 16.5. The van der Waals surface area contributed by atoms with E-state index in [4.69, 9.17) is 4.74 Å². The Morgan fingerprint density at radius 2 is 2.14 bits per heavy atom. The van der Waals surface area contributed by atoms with Gasteiger partial charge in [0.25, 0.3) is 0 Å². The summed E-state index contributed by atoms with van der Waals surface area (Å²) in [4.78, 5) is 11.9. The zero-order chi connectivity index (χ0) is 15.3. The van der Waals surface area contributed by atoms with E-state index in [9.17, 15) is 10.1 Å². The number of ether oxygens (including phenoxy) is 1. The molecule has 0 aliphatic rings. The Hall–Kier alpha value is -2.75. The molecule has 7 nitrogen and oxygen atoms in total. The second-order valence-corrected chi connectivity index (χ2v) is 4.68. The maximum atomic E-state index is 11.9. The predicted octanol–water partition coefficient (Wildman–Crippen LogP) is 1.30. The van der Waals surface area contributed by atoms with Gasteiger partial charge in [0.1, 0.15) is 0 Å². The van der Waals surface area contributed by atoms with Crippen LogP contribution in [0.5, 0.6) is 0 Å². The number of benzene rings is 1. The molecule has 0 amide bonds. The lowest BCUT2D eigenvalue weighted by atomic mass is 9.88. The molecule has 2 rings (SSSR count). The van der Waals surface area contributed by atoms with Crippen LogP contribution in [0.1, 0.15) is 19.7 Å². The first kappa shape index (κ1) is 14.7. The summed E-state index contributed by atoms with van der Waals surface area (Å²) in [6, 6.07) is 11.3. The second-order valence-electron chi connectivity index (χ2n) is 4.68. The number of carbonyl (C=O) groups is 1. The summed E-state index contributed by atoms with van der Waals surface area (Å²) in [5, 5.41) is 20.8. The average molecular weight is 285 g/mol. The van der Waals surface area contributed by atoms with Crippen molar-refractivity contribution in [3.05, 3.63) is 36.2 Å². The molecule has 0 N–H and O–H groups in total. The molecule has 1 atom stereocenters. The van der Waals surface area contributed by atoms with Crippen molar-refractivity contribution < 1.29 is 9.53 Å².